The first kappa shape index (κ1) is 14.7. The van der Waals surface area contributed by atoms with E-state index in [9.17, 15) is 22.4 Å². The highest BCUT2D eigenvalue weighted by Crippen LogP contribution is 2.28. The molecule has 8 heteroatoms. The van der Waals surface area contributed by atoms with Gasteiger partial charge in [0.05, 0.1) is 10.9 Å². The predicted octanol–water partition coefficient (Wildman–Crippen LogP) is 3.47. The van der Waals surface area contributed by atoms with Gasteiger partial charge in [-0.2, -0.15) is 17.6 Å². The fourth-order valence-electron chi connectivity index (χ4n) is 1.17. The van der Waals surface area contributed by atoms with E-state index in [1.165, 1.54) is 0 Å². The van der Waals surface area contributed by atoms with Crippen LogP contribution < -0.4 is 9.47 Å². The smallest absolute Gasteiger partial charge is 0.387 e. The molecule has 0 atom stereocenters. The fourth-order valence-corrected chi connectivity index (χ4v) is 1.48. The Balaban J connectivity index is 3.07. The molecule has 0 saturated carbocycles. The lowest BCUT2D eigenvalue weighted by Gasteiger charge is -2.11. The standard InChI is InChI=1S/C10H7BrF4O3/c11-4-7(16)6-2-1-5(17-9(12)13)3-8(6)18-10(14)15/h1-3,9-10H,4H2. The maximum atomic E-state index is 12.1. The van der Waals surface area contributed by atoms with Gasteiger partial charge >= 0.3 is 13.2 Å². The Morgan fingerprint density at radius 2 is 1.78 bits per heavy atom. The van der Waals surface area contributed by atoms with Gasteiger partial charge < -0.3 is 9.47 Å². The van der Waals surface area contributed by atoms with Gasteiger partial charge in [-0.25, -0.2) is 0 Å². The van der Waals surface area contributed by atoms with Crippen LogP contribution in [0.2, 0.25) is 0 Å². The van der Waals surface area contributed by atoms with Crippen LogP contribution in [0.25, 0.3) is 0 Å². The van der Waals surface area contributed by atoms with Crippen molar-refractivity contribution in [2.45, 2.75) is 13.2 Å². The summed E-state index contributed by atoms with van der Waals surface area (Å²) in [4.78, 5) is 11.4. The molecule has 0 unspecified atom stereocenters. The van der Waals surface area contributed by atoms with Gasteiger partial charge in [-0.3, -0.25) is 4.79 Å². The van der Waals surface area contributed by atoms with Crippen molar-refractivity contribution in [3.63, 3.8) is 0 Å². The Morgan fingerprint density at radius 1 is 1.17 bits per heavy atom. The van der Waals surface area contributed by atoms with Gasteiger partial charge in [0.15, 0.2) is 5.78 Å². The quantitative estimate of drug-likeness (QED) is 0.455. The predicted molar refractivity (Wildman–Crippen MR) is 57.8 cm³/mol. The van der Waals surface area contributed by atoms with E-state index >= 15 is 0 Å². The van der Waals surface area contributed by atoms with Gasteiger partial charge in [0.1, 0.15) is 11.5 Å². The highest BCUT2D eigenvalue weighted by Gasteiger charge is 2.17. The number of hydrogen-bond acceptors (Lipinski definition) is 3. The van der Waals surface area contributed by atoms with Crippen LogP contribution in [0, 0.1) is 0 Å². The van der Waals surface area contributed by atoms with Crippen molar-refractivity contribution < 1.29 is 31.8 Å². The first-order valence-corrected chi connectivity index (χ1v) is 5.69. The summed E-state index contributed by atoms with van der Waals surface area (Å²) in [5, 5.41) is -0.109. The average Bonchev–Trinajstić information content (AvgIpc) is 2.26. The lowest BCUT2D eigenvalue weighted by Crippen LogP contribution is -2.10. The molecule has 0 N–H and O–H groups in total. The summed E-state index contributed by atoms with van der Waals surface area (Å²) in [6.07, 6.45) is 0. The number of halogens is 5. The third kappa shape index (κ3) is 4.17. The maximum Gasteiger partial charge on any atom is 0.387 e. The highest BCUT2D eigenvalue weighted by atomic mass is 79.9. The van der Waals surface area contributed by atoms with E-state index < -0.39 is 24.8 Å². The maximum absolute atomic E-state index is 12.1. The Hall–Kier alpha value is -1.31. The van der Waals surface area contributed by atoms with Crippen molar-refractivity contribution in [2.75, 3.05) is 5.33 Å². The summed E-state index contributed by atoms with van der Waals surface area (Å²) in [6, 6.07) is 2.97. The molecule has 3 nitrogen and oxygen atoms in total. The molecule has 100 valence electrons. The molecule has 0 saturated heterocycles. The van der Waals surface area contributed by atoms with Gasteiger partial charge in [-0.1, -0.05) is 15.9 Å². The molecule has 0 amide bonds. The molecule has 1 aromatic rings. The van der Waals surface area contributed by atoms with E-state index in [0.717, 1.165) is 18.2 Å². The number of rotatable bonds is 6. The van der Waals surface area contributed by atoms with Crippen molar-refractivity contribution in [1.29, 1.82) is 0 Å². The second kappa shape index (κ2) is 6.58. The summed E-state index contributed by atoms with van der Waals surface area (Å²) < 4.78 is 56.3. The third-order valence-electron chi connectivity index (χ3n) is 1.82. The number of ether oxygens (including phenoxy) is 2. The molecule has 0 aliphatic carbocycles. The van der Waals surface area contributed by atoms with Crippen LogP contribution in [0.15, 0.2) is 18.2 Å². The molecule has 0 aromatic heterocycles. The Labute approximate surface area is 108 Å². The fraction of sp³-hybridized carbons (Fsp3) is 0.300. The number of ketones is 1. The zero-order valence-corrected chi connectivity index (χ0v) is 10.3. The molecule has 0 heterocycles. The first-order chi connectivity index (χ1) is 8.43. The molecule has 0 aliphatic heterocycles. The van der Waals surface area contributed by atoms with Crippen LogP contribution >= 0.6 is 15.9 Å². The minimum atomic E-state index is -3.17. The Bertz CT molecular complexity index is 426. The molecule has 1 rings (SSSR count). The van der Waals surface area contributed by atoms with Crippen LogP contribution in [0.4, 0.5) is 17.6 Å². The second-order valence-electron chi connectivity index (χ2n) is 2.97. The molecule has 0 spiro atoms. The van der Waals surface area contributed by atoms with Gasteiger partial charge in [0.2, 0.25) is 0 Å². The zero-order valence-electron chi connectivity index (χ0n) is 8.71. The molecule has 0 aliphatic rings. The molecular formula is C10H7BrF4O3. The lowest BCUT2D eigenvalue weighted by molar-refractivity contribution is -0.0544. The van der Waals surface area contributed by atoms with Crippen molar-refractivity contribution in [3.8, 4) is 11.5 Å². The molecule has 0 fully saturated rings. The number of alkyl halides is 5. The molecule has 18 heavy (non-hydrogen) atoms. The van der Waals surface area contributed by atoms with E-state index in [2.05, 4.69) is 25.4 Å². The first-order valence-electron chi connectivity index (χ1n) is 4.57. The highest BCUT2D eigenvalue weighted by molar-refractivity contribution is 9.09. The number of carbonyl (C=O) groups excluding carboxylic acids is 1. The summed E-state index contributed by atoms with van der Waals surface area (Å²) in [5.41, 5.74) is -0.145. The SMILES string of the molecule is O=C(CBr)c1ccc(OC(F)F)cc1OC(F)F. The van der Waals surface area contributed by atoms with Gasteiger partial charge in [0.25, 0.3) is 0 Å². The summed E-state index contributed by atoms with van der Waals surface area (Å²) >= 11 is 2.87. The normalized spacial score (nSPS) is 10.8. The van der Waals surface area contributed by atoms with Gasteiger partial charge in [-0.15, -0.1) is 0 Å². The lowest BCUT2D eigenvalue weighted by atomic mass is 10.1. The van der Waals surface area contributed by atoms with E-state index in [-0.39, 0.29) is 16.6 Å². The molecule has 0 bridgehead atoms. The van der Waals surface area contributed by atoms with Crippen molar-refractivity contribution in [1.82, 2.24) is 0 Å². The van der Waals surface area contributed by atoms with Crippen LogP contribution in [0.5, 0.6) is 11.5 Å². The number of benzene rings is 1. The number of hydrogen-bond donors (Lipinski definition) is 0. The second-order valence-corrected chi connectivity index (χ2v) is 3.53. The number of carbonyl (C=O) groups is 1. The summed E-state index contributed by atoms with van der Waals surface area (Å²) in [6.45, 7) is -6.27. The van der Waals surface area contributed by atoms with Crippen LogP contribution in [-0.4, -0.2) is 24.3 Å². The van der Waals surface area contributed by atoms with E-state index in [0.29, 0.717) is 0 Å². The number of Topliss-reactive ketones (excluding diaryl/α,β-unsaturated/α-hetero) is 1. The van der Waals surface area contributed by atoms with Crippen LogP contribution in [0.3, 0.4) is 0 Å². The Kier molecular flexibility index (Phi) is 5.39. The summed E-state index contributed by atoms with van der Waals surface area (Å²) in [5.74, 6) is -1.39. The van der Waals surface area contributed by atoms with E-state index in [1.807, 2.05) is 0 Å². The Morgan fingerprint density at radius 3 is 2.28 bits per heavy atom. The topological polar surface area (TPSA) is 35.5 Å². The van der Waals surface area contributed by atoms with Crippen LogP contribution in [0.1, 0.15) is 10.4 Å². The minimum absolute atomic E-state index is 0.109. The van der Waals surface area contributed by atoms with Gasteiger partial charge in [0, 0.05) is 6.07 Å². The monoisotopic (exact) mass is 330 g/mol. The minimum Gasteiger partial charge on any atom is -0.435 e. The molecular weight excluding hydrogens is 324 g/mol. The molecule has 0 radical (unpaired) electrons. The molecule has 1 aromatic carbocycles. The largest absolute Gasteiger partial charge is 0.435 e. The van der Waals surface area contributed by atoms with Crippen molar-refractivity contribution in [3.05, 3.63) is 23.8 Å². The summed E-state index contributed by atoms with van der Waals surface area (Å²) in [7, 11) is 0. The third-order valence-corrected chi connectivity index (χ3v) is 2.33. The average molecular weight is 331 g/mol. The van der Waals surface area contributed by atoms with Crippen LogP contribution in [-0.2, 0) is 0 Å². The zero-order chi connectivity index (χ0) is 13.7. The van der Waals surface area contributed by atoms with Crippen molar-refractivity contribution >= 4 is 21.7 Å². The van der Waals surface area contributed by atoms with Crippen molar-refractivity contribution in [2.24, 2.45) is 0 Å². The van der Waals surface area contributed by atoms with E-state index in [4.69, 9.17) is 0 Å². The van der Waals surface area contributed by atoms with E-state index in [1.54, 1.807) is 0 Å². The van der Waals surface area contributed by atoms with Gasteiger partial charge in [-0.05, 0) is 12.1 Å².